The zero-order valence-corrected chi connectivity index (χ0v) is 42.0. The summed E-state index contributed by atoms with van der Waals surface area (Å²) in [4.78, 5) is 72.0. The minimum atomic E-state index is -2.43. The van der Waals surface area contributed by atoms with Gasteiger partial charge in [0.1, 0.15) is 23.7 Å². The SMILES string of the molecule is CO[C@H]1CC2CC[C@@H](C)[C@@](O)(O2)C(=O)C(=O)N2CCCC[C@H]2C(=O)O[C@H]([C@H](C)C[C@@H]2CC[C@@H](OCCO)[C@H](OC)C2)CC(=O)[C@H](C)/C=C(\C)[C@@H](O)[C@@H](C)C(=O)[C@H](C)C[C@H](C)/C=C/C=CC=C1C. The highest BCUT2D eigenvalue weighted by Gasteiger charge is 2.53. The molecule has 3 heterocycles. The van der Waals surface area contributed by atoms with Crippen molar-refractivity contribution < 1.29 is 63.0 Å². The minimum Gasteiger partial charge on any atom is -0.460 e. The fraction of sp³-hybridized carbons (Fsp3) is 0.755. The molecule has 15 atom stereocenters. The number of ketones is 3. The van der Waals surface area contributed by atoms with E-state index in [1.807, 2.05) is 58.1 Å². The molecule has 2 bridgehead atoms. The largest absolute Gasteiger partial charge is 0.460 e. The lowest BCUT2D eigenvalue weighted by Gasteiger charge is -2.42. The maximum Gasteiger partial charge on any atom is 0.329 e. The number of piperidine rings is 1. The zero-order chi connectivity index (χ0) is 49.6. The molecule has 3 aliphatic heterocycles. The number of cyclic esters (lactones) is 1. The van der Waals surface area contributed by atoms with Gasteiger partial charge in [0, 0.05) is 57.3 Å². The third-order valence-electron chi connectivity index (χ3n) is 15.0. The van der Waals surface area contributed by atoms with E-state index >= 15 is 0 Å². The first-order chi connectivity index (χ1) is 31.7. The molecule has 0 aromatic carbocycles. The number of methoxy groups -OCH3 is 2. The second kappa shape index (κ2) is 26.6. The van der Waals surface area contributed by atoms with Crippen LogP contribution >= 0.6 is 0 Å². The first-order valence-electron chi connectivity index (χ1n) is 24.9. The molecule has 0 radical (unpaired) electrons. The Bertz CT molecular complexity index is 1790. The second-order valence-corrected chi connectivity index (χ2v) is 20.3. The quantitative estimate of drug-likeness (QED) is 0.131. The molecule has 1 unspecified atom stereocenters. The van der Waals surface area contributed by atoms with Crippen LogP contribution in [-0.2, 0) is 47.7 Å². The smallest absolute Gasteiger partial charge is 0.329 e. The highest BCUT2D eigenvalue weighted by Crippen LogP contribution is 2.38. The highest BCUT2D eigenvalue weighted by molar-refractivity contribution is 6.39. The lowest BCUT2D eigenvalue weighted by molar-refractivity contribution is -0.265. The predicted octanol–water partition coefficient (Wildman–Crippen LogP) is 6.82. The number of esters is 1. The number of aliphatic hydroxyl groups is 3. The lowest BCUT2D eigenvalue weighted by Crippen LogP contribution is -2.61. The van der Waals surface area contributed by atoms with Gasteiger partial charge in [-0.3, -0.25) is 19.2 Å². The van der Waals surface area contributed by atoms with Crippen LogP contribution in [0.5, 0.6) is 0 Å². The van der Waals surface area contributed by atoms with Crippen molar-refractivity contribution in [2.45, 2.75) is 181 Å². The van der Waals surface area contributed by atoms with E-state index in [-0.39, 0.29) is 80.0 Å². The maximum absolute atomic E-state index is 14.4. The van der Waals surface area contributed by atoms with Crippen LogP contribution in [-0.4, -0.2) is 132 Å². The molecule has 3 fully saturated rings. The van der Waals surface area contributed by atoms with Crippen molar-refractivity contribution in [3.8, 4) is 0 Å². The van der Waals surface area contributed by atoms with Crippen LogP contribution in [0.25, 0.3) is 0 Å². The molecule has 1 aliphatic carbocycles. The van der Waals surface area contributed by atoms with E-state index in [4.69, 9.17) is 23.7 Å². The number of hydrogen-bond acceptors (Lipinski definition) is 13. The van der Waals surface area contributed by atoms with Gasteiger partial charge < -0.3 is 43.9 Å². The van der Waals surface area contributed by atoms with Crippen molar-refractivity contribution in [3.63, 3.8) is 0 Å². The number of Topliss-reactive ketones (excluding diaryl/α,β-unsaturated/α-hetero) is 3. The van der Waals surface area contributed by atoms with E-state index in [1.54, 1.807) is 48.0 Å². The van der Waals surface area contributed by atoms with Crippen LogP contribution in [0.3, 0.4) is 0 Å². The predicted molar refractivity (Wildman–Crippen MR) is 254 cm³/mol. The van der Waals surface area contributed by atoms with Gasteiger partial charge in [0.15, 0.2) is 0 Å². The normalized spacial score (nSPS) is 38.3. The van der Waals surface area contributed by atoms with E-state index in [0.29, 0.717) is 63.4 Å². The molecule has 67 heavy (non-hydrogen) atoms. The average molecular weight is 942 g/mol. The standard InChI is InChI=1S/C53H83NO13/c1-32-16-12-11-13-17-33(2)45(63-9)30-41-21-19-38(7)53(62,67-41)50(59)51(60)54-23-15-14-18-42(54)52(61)66-46(35(4)28-40-20-22-44(65-25-24-55)47(29-40)64-10)31-43(56)34(3)27-37(6)49(58)39(8)48(57)36(5)26-32/h11-13,16-17,27,32,34-36,38-42,44-47,49,55,58,62H,14-15,18-26,28-31H2,1-10H3/b13-11?,16-12+,33-17?,37-27+/t32-,34-,35-,36-,38-,39+,40+,41?,42+,44-,45+,46+,47-,49-,53-/m1/s1. The number of fused-ring (bicyclic) bond motifs is 3. The van der Waals surface area contributed by atoms with Gasteiger partial charge in [0.05, 0.1) is 43.7 Å². The lowest BCUT2D eigenvalue weighted by atomic mass is 9.78. The number of ether oxygens (including phenoxy) is 5. The van der Waals surface area contributed by atoms with Gasteiger partial charge in [0.25, 0.3) is 11.7 Å². The fourth-order valence-electron chi connectivity index (χ4n) is 10.6. The van der Waals surface area contributed by atoms with Crippen LogP contribution in [0.2, 0.25) is 0 Å². The molecule has 0 aromatic rings. The van der Waals surface area contributed by atoms with E-state index in [0.717, 1.165) is 12.0 Å². The van der Waals surface area contributed by atoms with Crippen molar-refractivity contribution in [1.29, 1.82) is 0 Å². The summed E-state index contributed by atoms with van der Waals surface area (Å²) in [5.41, 5.74) is 1.38. The number of nitrogens with zero attached hydrogens (tertiary/aromatic N) is 1. The summed E-state index contributed by atoms with van der Waals surface area (Å²) in [5.74, 6) is -8.14. The van der Waals surface area contributed by atoms with E-state index in [2.05, 4.69) is 0 Å². The van der Waals surface area contributed by atoms with Crippen LogP contribution in [0.4, 0.5) is 0 Å². The van der Waals surface area contributed by atoms with Gasteiger partial charge in [-0.15, -0.1) is 0 Å². The van der Waals surface area contributed by atoms with Crippen molar-refractivity contribution in [2.24, 2.45) is 41.4 Å². The molecule has 1 amide bonds. The fourth-order valence-corrected chi connectivity index (χ4v) is 10.6. The van der Waals surface area contributed by atoms with Gasteiger partial charge >= 0.3 is 5.97 Å². The number of aliphatic hydroxyl groups excluding tert-OH is 2. The topological polar surface area (TPSA) is 195 Å². The Kier molecular flexibility index (Phi) is 22.3. The molecular formula is C53H83NO13. The van der Waals surface area contributed by atoms with Gasteiger partial charge in [0.2, 0.25) is 5.79 Å². The first kappa shape index (κ1) is 56.2. The average Bonchev–Trinajstić information content (AvgIpc) is 3.31. The van der Waals surface area contributed by atoms with Crippen molar-refractivity contribution in [3.05, 3.63) is 47.6 Å². The third kappa shape index (κ3) is 15.3. The molecule has 4 aliphatic rings. The van der Waals surface area contributed by atoms with Gasteiger partial charge in [-0.2, -0.15) is 0 Å². The molecule has 14 nitrogen and oxygen atoms in total. The molecule has 0 aromatic heterocycles. The van der Waals surface area contributed by atoms with Gasteiger partial charge in [-0.05, 0) is 107 Å². The highest BCUT2D eigenvalue weighted by atomic mass is 16.6. The number of allylic oxidation sites excluding steroid dienone is 6. The Labute approximate surface area is 399 Å². The summed E-state index contributed by atoms with van der Waals surface area (Å²) in [6, 6.07) is -1.13. The zero-order valence-electron chi connectivity index (χ0n) is 42.0. The molecule has 1 saturated carbocycles. The van der Waals surface area contributed by atoms with Gasteiger partial charge in [-0.1, -0.05) is 78.0 Å². The monoisotopic (exact) mass is 942 g/mol. The van der Waals surface area contributed by atoms with Crippen molar-refractivity contribution in [1.82, 2.24) is 4.90 Å². The van der Waals surface area contributed by atoms with Crippen LogP contribution < -0.4 is 0 Å². The molecule has 14 heteroatoms. The number of carbonyl (C=O) groups excluding carboxylic acids is 5. The van der Waals surface area contributed by atoms with Gasteiger partial charge in [-0.25, -0.2) is 4.79 Å². The molecule has 3 N–H and O–H groups in total. The Balaban J connectivity index is 1.68. The summed E-state index contributed by atoms with van der Waals surface area (Å²) in [6.07, 6.45) is 13.8. The van der Waals surface area contributed by atoms with Crippen LogP contribution in [0, 0.1) is 41.4 Å². The Morgan fingerprint density at radius 3 is 2.28 bits per heavy atom. The molecule has 2 saturated heterocycles. The molecular weight excluding hydrogens is 859 g/mol. The summed E-state index contributed by atoms with van der Waals surface area (Å²) in [7, 11) is 3.22. The third-order valence-corrected chi connectivity index (χ3v) is 15.0. The van der Waals surface area contributed by atoms with Crippen LogP contribution in [0.15, 0.2) is 47.6 Å². The maximum atomic E-state index is 14.4. The van der Waals surface area contributed by atoms with E-state index < -0.39 is 71.7 Å². The van der Waals surface area contributed by atoms with Crippen molar-refractivity contribution in [2.75, 3.05) is 34.0 Å². The molecule has 4 rings (SSSR count). The molecule has 378 valence electrons. The minimum absolute atomic E-state index is 0.0690. The number of rotatable bonds is 8. The second-order valence-electron chi connectivity index (χ2n) is 20.3. The summed E-state index contributed by atoms with van der Waals surface area (Å²) in [6.45, 7) is 14.8. The Morgan fingerprint density at radius 2 is 1.60 bits per heavy atom. The number of amides is 1. The summed E-state index contributed by atoms with van der Waals surface area (Å²) in [5, 5.41) is 32.7. The Morgan fingerprint density at radius 1 is 0.866 bits per heavy atom. The van der Waals surface area contributed by atoms with E-state index in [9.17, 15) is 39.3 Å². The molecule has 0 spiro atoms. The van der Waals surface area contributed by atoms with Crippen molar-refractivity contribution >= 4 is 29.2 Å². The summed E-state index contributed by atoms with van der Waals surface area (Å²) >= 11 is 0. The number of carbonyl (C=O) groups is 5. The van der Waals surface area contributed by atoms with E-state index in [1.165, 1.54) is 4.90 Å². The Hall–Kier alpha value is -3.37. The number of hydrogen-bond donors (Lipinski definition) is 3. The van der Waals surface area contributed by atoms with Crippen LogP contribution in [0.1, 0.15) is 132 Å². The first-order valence-corrected chi connectivity index (χ1v) is 24.9. The summed E-state index contributed by atoms with van der Waals surface area (Å²) < 4.78 is 30.0.